The molecule has 3 aromatic rings. The van der Waals surface area contributed by atoms with E-state index < -0.39 is 11.9 Å². The maximum atomic E-state index is 9.55. The summed E-state index contributed by atoms with van der Waals surface area (Å²) < 4.78 is 17.2. The lowest BCUT2D eigenvalue weighted by Crippen LogP contribution is -2.39. The Morgan fingerprint density at radius 3 is 2.27 bits per heavy atom. The number of ether oxygens (including phenoxy) is 2. The van der Waals surface area contributed by atoms with E-state index in [4.69, 9.17) is 24.2 Å². The predicted molar refractivity (Wildman–Crippen MR) is 154 cm³/mol. The van der Waals surface area contributed by atoms with Crippen LogP contribution in [0.1, 0.15) is 30.5 Å². The van der Waals surface area contributed by atoms with Gasteiger partial charge in [0, 0.05) is 36.2 Å². The lowest BCUT2D eigenvalue weighted by atomic mass is 9.90. The van der Waals surface area contributed by atoms with Crippen molar-refractivity contribution >= 4 is 22.9 Å². The largest absolute Gasteiger partial charge is 0.478 e. The number of benzene rings is 2. The molecule has 10 heteroatoms. The first-order valence-electron chi connectivity index (χ1n) is 14.0. The maximum absolute atomic E-state index is 9.55. The van der Waals surface area contributed by atoms with Gasteiger partial charge in [0.15, 0.2) is 11.9 Å². The van der Waals surface area contributed by atoms with Gasteiger partial charge >= 0.3 is 11.9 Å². The number of fused-ring (bicyclic) bond motifs is 1. The van der Waals surface area contributed by atoms with Crippen LogP contribution in [0.4, 0.5) is 0 Å². The van der Waals surface area contributed by atoms with Gasteiger partial charge < -0.3 is 29.1 Å². The van der Waals surface area contributed by atoms with Crippen molar-refractivity contribution < 1.29 is 33.8 Å². The molecule has 41 heavy (non-hydrogen) atoms. The molecular formula is C31H39N3O7. The second-order valence-electron chi connectivity index (χ2n) is 10.7. The van der Waals surface area contributed by atoms with E-state index in [-0.39, 0.29) is 6.29 Å². The summed E-state index contributed by atoms with van der Waals surface area (Å²) in [5.74, 6) is -1.77. The highest BCUT2D eigenvalue weighted by molar-refractivity contribution is 5.90. The third kappa shape index (κ3) is 8.96. The number of carboxylic acid groups (broad SMARTS) is 2. The van der Waals surface area contributed by atoms with Gasteiger partial charge in [-0.2, -0.15) is 0 Å². The molecule has 2 saturated heterocycles. The van der Waals surface area contributed by atoms with Crippen LogP contribution in [-0.4, -0.2) is 90.3 Å². The van der Waals surface area contributed by atoms with Crippen molar-refractivity contribution in [2.24, 2.45) is 5.92 Å². The minimum Gasteiger partial charge on any atom is -0.478 e. The molecule has 1 aromatic heterocycles. The van der Waals surface area contributed by atoms with Gasteiger partial charge in [-0.25, -0.2) is 9.59 Å². The summed E-state index contributed by atoms with van der Waals surface area (Å²) in [6.07, 6.45) is 5.68. The highest BCUT2D eigenvalue weighted by atomic mass is 16.7. The van der Waals surface area contributed by atoms with Gasteiger partial charge in [-0.15, -0.1) is 0 Å². The van der Waals surface area contributed by atoms with Crippen LogP contribution in [0.3, 0.4) is 0 Å². The van der Waals surface area contributed by atoms with Gasteiger partial charge in [0.2, 0.25) is 0 Å². The smallest absolute Gasteiger partial charge is 0.328 e. The Hall–Kier alpha value is -3.57. The average molecular weight is 566 g/mol. The van der Waals surface area contributed by atoms with Gasteiger partial charge in [0.1, 0.15) is 0 Å². The number of carbonyl (C=O) groups is 2. The van der Waals surface area contributed by atoms with Gasteiger partial charge in [0.05, 0.1) is 18.9 Å². The second-order valence-corrected chi connectivity index (χ2v) is 10.7. The molecule has 2 N–H and O–H groups in total. The van der Waals surface area contributed by atoms with Crippen molar-refractivity contribution in [3.63, 3.8) is 0 Å². The van der Waals surface area contributed by atoms with Gasteiger partial charge in [-0.1, -0.05) is 41.6 Å². The summed E-state index contributed by atoms with van der Waals surface area (Å²) in [5.41, 5.74) is 5.69. The van der Waals surface area contributed by atoms with E-state index in [1.807, 2.05) is 0 Å². The van der Waals surface area contributed by atoms with E-state index in [0.717, 1.165) is 69.4 Å². The monoisotopic (exact) mass is 565 g/mol. The fourth-order valence-electron chi connectivity index (χ4n) is 5.32. The van der Waals surface area contributed by atoms with Crippen LogP contribution >= 0.6 is 0 Å². The van der Waals surface area contributed by atoms with Gasteiger partial charge in [-0.05, 0) is 76.0 Å². The SMILES string of the molecule is CN(C)Cc1c(-c2ccccc2)ccc2c(CCC3CCN(CC4OCCO4)CC3)noc12.O=C(O)C=CC(=O)O. The fraction of sp³-hybridized carbons (Fsp3) is 0.452. The summed E-state index contributed by atoms with van der Waals surface area (Å²) in [6.45, 7) is 5.44. The van der Waals surface area contributed by atoms with Crippen LogP contribution in [0.15, 0.2) is 59.1 Å². The minimum atomic E-state index is -1.26. The highest BCUT2D eigenvalue weighted by Gasteiger charge is 2.25. The van der Waals surface area contributed by atoms with E-state index >= 15 is 0 Å². The van der Waals surface area contributed by atoms with Crippen LogP contribution in [0.25, 0.3) is 22.1 Å². The molecule has 0 aliphatic carbocycles. The molecule has 0 bridgehead atoms. The molecule has 0 atom stereocenters. The van der Waals surface area contributed by atoms with E-state index in [1.165, 1.54) is 34.9 Å². The summed E-state index contributed by atoms with van der Waals surface area (Å²) >= 11 is 0. The molecule has 2 fully saturated rings. The molecular weight excluding hydrogens is 526 g/mol. The normalized spacial score (nSPS) is 16.9. The molecule has 3 heterocycles. The van der Waals surface area contributed by atoms with E-state index in [9.17, 15) is 9.59 Å². The Kier molecular flexibility index (Phi) is 11.0. The molecule has 10 nitrogen and oxygen atoms in total. The summed E-state index contributed by atoms with van der Waals surface area (Å²) in [4.78, 5) is 23.8. The summed E-state index contributed by atoms with van der Waals surface area (Å²) in [6, 6.07) is 15.0. The zero-order chi connectivity index (χ0) is 29.2. The van der Waals surface area contributed by atoms with Gasteiger partial charge in [-0.3, -0.25) is 4.90 Å². The molecule has 0 radical (unpaired) electrons. The zero-order valence-corrected chi connectivity index (χ0v) is 23.7. The fourth-order valence-corrected chi connectivity index (χ4v) is 5.32. The summed E-state index contributed by atoms with van der Waals surface area (Å²) in [7, 11) is 4.20. The van der Waals surface area contributed by atoms with Crippen LogP contribution in [0, 0.1) is 5.92 Å². The molecule has 0 spiro atoms. The number of hydrogen-bond acceptors (Lipinski definition) is 8. The first-order valence-corrected chi connectivity index (χ1v) is 14.0. The lowest BCUT2D eigenvalue weighted by molar-refractivity contribution is -0.134. The third-order valence-corrected chi connectivity index (χ3v) is 7.34. The molecule has 2 aliphatic rings. The topological polar surface area (TPSA) is 126 Å². The Balaban J connectivity index is 0.000000426. The number of piperidine rings is 1. The number of hydrogen-bond donors (Lipinski definition) is 2. The van der Waals surface area contributed by atoms with E-state index in [0.29, 0.717) is 12.2 Å². The van der Waals surface area contributed by atoms with Crippen molar-refractivity contribution in [1.29, 1.82) is 0 Å². The Bertz CT molecular complexity index is 1290. The number of likely N-dealkylation sites (tertiary alicyclic amines) is 1. The molecule has 2 aromatic carbocycles. The molecule has 0 saturated carbocycles. The number of aromatic nitrogens is 1. The molecule has 0 unspecified atom stereocenters. The molecule has 0 amide bonds. The highest BCUT2D eigenvalue weighted by Crippen LogP contribution is 2.34. The number of aliphatic carboxylic acids is 2. The Morgan fingerprint density at radius 2 is 1.66 bits per heavy atom. The molecule has 5 rings (SSSR count). The zero-order valence-electron chi connectivity index (χ0n) is 23.7. The lowest BCUT2D eigenvalue weighted by Gasteiger charge is -2.32. The molecule has 2 aliphatic heterocycles. The second kappa shape index (κ2) is 14.9. The average Bonchev–Trinajstić information content (AvgIpc) is 3.62. The van der Waals surface area contributed by atoms with Crippen LogP contribution < -0.4 is 0 Å². The number of nitrogens with zero attached hydrogens (tertiary/aromatic N) is 3. The van der Waals surface area contributed by atoms with Crippen molar-refractivity contribution in [3.8, 4) is 11.1 Å². The van der Waals surface area contributed by atoms with E-state index in [1.54, 1.807) is 0 Å². The number of carboxylic acids is 2. The Morgan fingerprint density at radius 1 is 1.00 bits per heavy atom. The summed E-state index contributed by atoms with van der Waals surface area (Å²) in [5, 5.41) is 21.3. The van der Waals surface area contributed by atoms with Gasteiger partial charge in [0.25, 0.3) is 0 Å². The minimum absolute atomic E-state index is 0.0276. The van der Waals surface area contributed by atoms with Crippen molar-refractivity contribution in [2.75, 3.05) is 46.9 Å². The van der Waals surface area contributed by atoms with Crippen molar-refractivity contribution in [1.82, 2.24) is 15.0 Å². The quantitative estimate of drug-likeness (QED) is 0.344. The molecule has 220 valence electrons. The Labute approximate surface area is 240 Å². The van der Waals surface area contributed by atoms with Crippen LogP contribution in [-0.2, 0) is 32.0 Å². The first kappa shape index (κ1) is 30.4. The number of aryl methyl sites for hydroxylation is 1. The van der Waals surface area contributed by atoms with Crippen LogP contribution in [0.2, 0.25) is 0 Å². The standard InChI is InChI=1S/C27H35N3O3.C4H4O4/c1-29(2)18-24-22(21-6-4-3-5-7-21)9-10-23-25(28-33-27(23)24)11-8-20-12-14-30(15-13-20)19-26-31-16-17-32-26;5-3(6)1-2-4(7)8/h3-7,9-10,20,26H,8,11-19H2,1-2H3;1-2H,(H,5,6)(H,7,8). The maximum Gasteiger partial charge on any atom is 0.328 e. The third-order valence-electron chi connectivity index (χ3n) is 7.34. The van der Waals surface area contributed by atoms with Crippen molar-refractivity contribution in [2.45, 2.75) is 38.5 Å². The number of rotatable bonds is 10. The van der Waals surface area contributed by atoms with E-state index in [2.05, 4.69) is 71.5 Å². The van der Waals surface area contributed by atoms with Crippen molar-refractivity contribution in [3.05, 3.63) is 65.9 Å². The first-order chi connectivity index (χ1) is 19.8. The van der Waals surface area contributed by atoms with Crippen LogP contribution in [0.5, 0.6) is 0 Å². The predicted octanol–water partition coefficient (Wildman–Crippen LogP) is 4.29.